The second-order valence-electron chi connectivity index (χ2n) is 3.26. The van der Waals surface area contributed by atoms with Crippen molar-refractivity contribution in [2.75, 3.05) is 0 Å². The Labute approximate surface area is 76.8 Å². The summed E-state index contributed by atoms with van der Waals surface area (Å²) in [4.78, 5) is 21.2. The summed E-state index contributed by atoms with van der Waals surface area (Å²) in [6.45, 7) is 4.91. The van der Waals surface area contributed by atoms with Crippen LogP contribution >= 0.6 is 0 Å². The van der Waals surface area contributed by atoms with Gasteiger partial charge in [0.25, 0.3) is 0 Å². The van der Waals surface area contributed by atoms with Crippen molar-refractivity contribution in [3.63, 3.8) is 0 Å². The van der Waals surface area contributed by atoms with Gasteiger partial charge in [0.15, 0.2) is 0 Å². The molecule has 0 aliphatic rings. The van der Waals surface area contributed by atoms with Crippen LogP contribution < -0.4 is 5.32 Å². The van der Waals surface area contributed by atoms with Crippen LogP contribution in [0.15, 0.2) is 0 Å². The number of hydrogen-bond acceptors (Lipinski definition) is 3. The fourth-order valence-corrected chi connectivity index (χ4v) is 0.931. The molecule has 2 atom stereocenters. The lowest BCUT2D eigenvalue weighted by atomic mass is 10.0. The minimum absolute atomic E-state index is 0.0529. The van der Waals surface area contributed by atoms with Crippen molar-refractivity contribution in [2.24, 2.45) is 5.92 Å². The molecule has 5 nitrogen and oxygen atoms in total. The van der Waals surface area contributed by atoms with E-state index in [0.29, 0.717) is 0 Å². The zero-order valence-electron chi connectivity index (χ0n) is 7.94. The monoisotopic (exact) mass is 189 g/mol. The maximum Gasteiger partial charge on any atom is 0.321 e. The Bertz CT molecular complexity index is 202. The van der Waals surface area contributed by atoms with E-state index >= 15 is 0 Å². The third-order valence-electron chi connectivity index (χ3n) is 1.67. The molecule has 0 bridgehead atoms. The number of rotatable bonds is 5. The smallest absolute Gasteiger partial charge is 0.321 e. The zero-order chi connectivity index (χ0) is 10.6. The van der Waals surface area contributed by atoms with E-state index in [1.165, 1.54) is 6.92 Å². The molecule has 0 aliphatic heterocycles. The first-order valence-electron chi connectivity index (χ1n) is 4.08. The fraction of sp³-hybridized carbons (Fsp3) is 0.750. The Morgan fingerprint density at radius 1 is 1.08 bits per heavy atom. The zero-order valence-corrected chi connectivity index (χ0v) is 7.94. The number of carbonyl (C=O) groups is 2. The molecule has 0 spiro atoms. The average molecular weight is 189 g/mol. The normalized spacial score (nSPS) is 15.4. The average Bonchev–Trinajstić information content (AvgIpc) is 1.97. The molecule has 0 aromatic carbocycles. The third-order valence-corrected chi connectivity index (χ3v) is 1.67. The van der Waals surface area contributed by atoms with E-state index < -0.39 is 23.9 Å². The molecule has 0 aromatic rings. The van der Waals surface area contributed by atoms with Gasteiger partial charge in [0.05, 0.1) is 5.92 Å². The third kappa shape index (κ3) is 3.89. The molecule has 0 aliphatic carbocycles. The summed E-state index contributed by atoms with van der Waals surface area (Å²) in [6.07, 6.45) is 0. The molecule has 0 heterocycles. The van der Waals surface area contributed by atoms with Gasteiger partial charge >= 0.3 is 11.9 Å². The second kappa shape index (κ2) is 4.81. The van der Waals surface area contributed by atoms with Crippen molar-refractivity contribution in [2.45, 2.75) is 32.9 Å². The van der Waals surface area contributed by atoms with E-state index in [0.717, 1.165) is 0 Å². The van der Waals surface area contributed by atoms with Crippen molar-refractivity contribution >= 4 is 11.9 Å². The molecule has 3 N–H and O–H groups in total. The lowest BCUT2D eigenvalue weighted by Crippen LogP contribution is -2.47. The molecule has 0 rings (SSSR count). The van der Waals surface area contributed by atoms with Gasteiger partial charge in [0.2, 0.25) is 0 Å². The highest BCUT2D eigenvalue weighted by atomic mass is 16.4. The molecule has 0 saturated carbocycles. The maximum atomic E-state index is 10.7. The molecule has 76 valence electrons. The minimum atomic E-state index is -1.14. The standard InChI is InChI=1S/C8H15NO4/c1-4(2)9-6(8(12)13)5(3)7(10)11/h4-6,9H,1-3H3,(H,10,11)(H,12,13). The molecule has 13 heavy (non-hydrogen) atoms. The topological polar surface area (TPSA) is 86.6 Å². The van der Waals surface area contributed by atoms with E-state index in [-0.39, 0.29) is 6.04 Å². The van der Waals surface area contributed by atoms with Crippen LogP contribution in [0.4, 0.5) is 0 Å². The summed E-state index contributed by atoms with van der Waals surface area (Å²) >= 11 is 0. The summed E-state index contributed by atoms with van der Waals surface area (Å²) in [5.41, 5.74) is 0. The highest BCUT2D eigenvalue weighted by Gasteiger charge is 2.29. The van der Waals surface area contributed by atoms with E-state index in [1.54, 1.807) is 13.8 Å². The SMILES string of the molecule is CC(C)NC(C(=O)O)C(C)C(=O)O. The van der Waals surface area contributed by atoms with Gasteiger partial charge in [0, 0.05) is 6.04 Å². The number of carboxylic acid groups (broad SMARTS) is 2. The van der Waals surface area contributed by atoms with Gasteiger partial charge in [-0.25, -0.2) is 0 Å². The van der Waals surface area contributed by atoms with Crippen LogP contribution in [-0.2, 0) is 9.59 Å². The van der Waals surface area contributed by atoms with E-state index in [9.17, 15) is 9.59 Å². The van der Waals surface area contributed by atoms with Crippen LogP contribution in [0.5, 0.6) is 0 Å². The summed E-state index contributed by atoms with van der Waals surface area (Å²) < 4.78 is 0. The van der Waals surface area contributed by atoms with Gasteiger partial charge in [-0.1, -0.05) is 13.8 Å². The quantitative estimate of drug-likeness (QED) is 0.573. The van der Waals surface area contributed by atoms with E-state index in [1.807, 2.05) is 0 Å². The highest BCUT2D eigenvalue weighted by Crippen LogP contribution is 2.04. The molecule has 0 amide bonds. The predicted octanol–water partition coefficient (Wildman–Crippen LogP) is 0.158. The lowest BCUT2D eigenvalue weighted by Gasteiger charge is -2.20. The second-order valence-corrected chi connectivity index (χ2v) is 3.26. The Balaban J connectivity index is 4.42. The Hall–Kier alpha value is -1.10. The van der Waals surface area contributed by atoms with Crippen molar-refractivity contribution < 1.29 is 19.8 Å². The molecule has 0 fully saturated rings. The van der Waals surface area contributed by atoms with Gasteiger partial charge in [0.1, 0.15) is 6.04 Å². The van der Waals surface area contributed by atoms with Crippen LogP contribution in [0.1, 0.15) is 20.8 Å². The van der Waals surface area contributed by atoms with Gasteiger partial charge in [-0.2, -0.15) is 0 Å². The number of aliphatic carboxylic acids is 2. The Kier molecular flexibility index (Phi) is 4.40. The van der Waals surface area contributed by atoms with Crippen molar-refractivity contribution in [3.05, 3.63) is 0 Å². The first-order chi connectivity index (χ1) is 5.86. The largest absolute Gasteiger partial charge is 0.481 e. The van der Waals surface area contributed by atoms with Crippen LogP contribution in [0.25, 0.3) is 0 Å². The first-order valence-corrected chi connectivity index (χ1v) is 4.08. The van der Waals surface area contributed by atoms with Crippen molar-refractivity contribution in [3.8, 4) is 0 Å². The van der Waals surface area contributed by atoms with Gasteiger partial charge in [-0.15, -0.1) is 0 Å². The highest BCUT2D eigenvalue weighted by molar-refractivity contribution is 5.82. The van der Waals surface area contributed by atoms with Crippen molar-refractivity contribution in [1.82, 2.24) is 5.32 Å². The van der Waals surface area contributed by atoms with Gasteiger partial charge in [-0.3, -0.25) is 9.59 Å². The van der Waals surface area contributed by atoms with Crippen LogP contribution in [0.2, 0.25) is 0 Å². The number of nitrogens with one attached hydrogen (secondary N) is 1. The van der Waals surface area contributed by atoms with Crippen LogP contribution in [0.3, 0.4) is 0 Å². The molecule has 5 heteroatoms. The van der Waals surface area contributed by atoms with Crippen LogP contribution in [-0.4, -0.2) is 34.2 Å². The van der Waals surface area contributed by atoms with Crippen LogP contribution in [0, 0.1) is 5.92 Å². The lowest BCUT2D eigenvalue weighted by molar-refractivity contribution is -0.150. The number of hydrogen-bond donors (Lipinski definition) is 3. The molecule has 0 saturated heterocycles. The summed E-state index contributed by atoms with van der Waals surface area (Å²) in [6, 6.07) is -1.08. The first kappa shape index (κ1) is 11.9. The predicted molar refractivity (Wildman–Crippen MR) is 46.5 cm³/mol. The summed E-state index contributed by atoms with van der Waals surface area (Å²) in [5, 5.41) is 20.0. The van der Waals surface area contributed by atoms with Gasteiger partial charge < -0.3 is 15.5 Å². The molecule has 0 radical (unpaired) electrons. The Morgan fingerprint density at radius 2 is 1.54 bits per heavy atom. The molecule has 0 aromatic heterocycles. The summed E-state index contributed by atoms with van der Waals surface area (Å²) in [5.74, 6) is -3.18. The Morgan fingerprint density at radius 3 is 1.77 bits per heavy atom. The van der Waals surface area contributed by atoms with E-state index in [2.05, 4.69) is 5.32 Å². The summed E-state index contributed by atoms with van der Waals surface area (Å²) in [7, 11) is 0. The van der Waals surface area contributed by atoms with E-state index in [4.69, 9.17) is 10.2 Å². The molecule has 2 unspecified atom stereocenters. The minimum Gasteiger partial charge on any atom is -0.481 e. The fourth-order valence-electron chi connectivity index (χ4n) is 0.931. The van der Waals surface area contributed by atoms with Gasteiger partial charge in [-0.05, 0) is 6.92 Å². The maximum absolute atomic E-state index is 10.7. The molecular weight excluding hydrogens is 174 g/mol. The molecular formula is C8H15NO4. The number of carboxylic acids is 2. The van der Waals surface area contributed by atoms with Crippen molar-refractivity contribution in [1.29, 1.82) is 0 Å².